The SMILES string of the molecule is O=C(c1cnc2ccc(Br)cc2c1NCC1CCCCC1)C1CC1. The van der Waals surface area contributed by atoms with Crippen molar-refractivity contribution in [2.75, 3.05) is 11.9 Å². The molecule has 0 spiro atoms. The van der Waals surface area contributed by atoms with Crippen LogP contribution in [0.15, 0.2) is 28.9 Å². The van der Waals surface area contributed by atoms with Crippen molar-refractivity contribution in [1.29, 1.82) is 0 Å². The van der Waals surface area contributed by atoms with Crippen molar-refractivity contribution in [1.82, 2.24) is 4.98 Å². The lowest BCUT2D eigenvalue weighted by atomic mass is 9.89. The zero-order valence-corrected chi connectivity index (χ0v) is 15.4. The number of anilines is 1. The van der Waals surface area contributed by atoms with E-state index in [1.165, 1.54) is 32.1 Å². The third kappa shape index (κ3) is 3.34. The average Bonchev–Trinajstić information content (AvgIpc) is 3.45. The highest BCUT2D eigenvalue weighted by atomic mass is 79.9. The maximum Gasteiger partial charge on any atom is 0.169 e. The number of nitrogens with one attached hydrogen (secondary N) is 1. The lowest BCUT2D eigenvalue weighted by molar-refractivity contribution is 0.0968. The Morgan fingerprint density at radius 2 is 1.96 bits per heavy atom. The second-order valence-corrected chi connectivity index (χ2v) is 8.15. The summed E-state index contributed by atoms with van der Waals surface area (Å²) in [6.07, 6.45) is 10.5. The van der Waals surface area contributed by atoms with Gasteiger partial charge in [0.1, 0.15) is 0 Å². The van der Waals surface area contributed by atoms with Gasteiger partial charge >= 0.3 is 0 Å². The molecule has 1 aromatic heterocycles. The van der Waals surface area contributed by atoms with E-state index in [1.54, 1.807) is 6.20 Å². The van der Waals surface area contributed by atoms with Crippen molar-refractivity contribution >= 4 is 38.3 Å². The minimum atomic E-state index is 0.214. The number of aromatic nitrogens is 1. The van der Waals surface area contributed by atoms with Gasteiger partial charge in [0, 0.05) is 28.5 Å². The van der Waals surface area contributed by atoms with E-state index < -0.39 is 0 Å². The minimum Gasteiger partial charge on any atom is -0.384 e. The second-order valence-electron chi connectivity index (χ2n) is 7.23. The quantitative estimate of drug-likeness (QED) is 0.681. The van der Waals surface area contributed by atoms with Gasteiger partial charge in [-0.05, 0) is 49.8 Å². The number of Topliss-reactive ketones (excluding diaryl/α,β-unsaturated/α-hetero) is 1. The van der Waals surface area contributed by atoms with Crippen LogP contribution in [0, 0.1) is 11.8 Å². The standard InChI is InChI=1S/C20H23BrN2O/c21-15-8-9-18-16(10-15)19(23-11-13-4-2-1-3-5-13)17(12-22-18)20(24)14-6-7-14/h8-10,12-14H,1-7,11H2,(H,22,23). The monoisotopic (exact) mass is 386 g/mol. The highest BCUT2D eigenvalue weighted by Crippen LogP contribution is 2.37. The fourth-order valence-electron chi connectivity index (χ4n) is 3.75. The molecule has 1 heterocycles. The molecule has 2 saturated carbocycles. The molecule has 4 heteroatoms. The molecule has 24 heavy (non-hydrogen) atoms. The normalized spacial score (nSPS) is 18.7. The average molecular weight is 387 g/mol. The number of ketones is 1. The molecule has 2 aliphatic carbocycles. The van der Waals surface area contributed by atoms with Crippen molar-refractivity contribution in [3.05, 3.63) is 34.4 Å². The molecule has 2 aromatic rings. The van der Waals surface area contributed by atoms with E-state index in [1.807, 2.05) is 12.1 Å². The summed E-state index contributed by atoms with van der Waals surface area (Å²) in [6.45, 7) is 0.955. The predicted molar refractivity (Wildman–Crippen MR) is 102 cm³/mol. The molecule has 3 nitrogen and oxygen atoms in total. The van der Waals surface area contributed by atoms with Gasteiger partial charge in [-0.1, -0.05) is 35.2 Å². The molecular formula is C20H23BrN2O. The van der Waals surface area contributed by atoms with Crippen LogP contribution in [-0.4, -0.2) is 17.3 Å². The Bertz CT molecular complexity index is 764. The van der Waals surface area contributed by atoms with Crippen LogP contribution in [0.4, 0.5) is 5.69 Å². The van der Waals surface area contributed by atoms with Gasteiger partial charge in [-0.2, -0.15) is 0 Å². The zero-order chi connectivity index (χ0) is 16.5. The van der Waals surface area contributed by atoms with Crippen molar-refractivity contribution in [3.63, 3.8) is 0 Å². The number of fused-ring (bicyclic) bond motifs is 1. The molecular weight excluding hydrogens is 364 g/mol. The highest BCUT2D eigenvalue weighted by Gasteiger charge is 2.32. The van der Waals surface area contributed by atoms with E-state index in [0.29, 0.717) is 0 Å². The summed E-state index contributed by atoms with van der Waals surface area (Å²) in [6, 6.07) is 6.09. The van der Waals surface area contributed by atoms with Crippen molar-refractivity contribution < 1.29 is 4.79 Å². The number of carbonyl (C=O) groups is 1. The van der Waals surface area contributed by atoms with Gasteiger partial charge in [0.25, 0.3) is 0 Å². The fraction of sp³-hybridized carbons (Fsp3) is 0.500. The van der Waals surface area contributed by atoms with Gasteiger partial charge in [0.15, 0.2) is 5.78 Å². The smallest absolute Gasteiger partial charge is 0.169 e. The molecule has 0 unspecified atom stereocenters. The van der Waals surface area contributed by atoms with Crippen LogP contribution in [-0.2, 0) is 0 Å². The fourth-order valence-corrected chi connectivity index (χ4v) is 4.11. The predicted octanol–water partition coefficient (Wildman–Crippen LogP) is 5.58. The Morgan fingerprint density at radius 3 is 2.71 bits per heavy atom. The van der Waals surface area contributed by atoms with E-state index >= 15 is 0 Å². The minimum absolute atomic E-state index is 0.214. The molecule has 1 N–H and O–H groups in total. The van der Waals surface area contributed by atoms with Gasteiger partial charge < -0.3 is 5.32 Å². The number of hydrogen-bond acceptors (Lipinski definition) is 3. The molecule has 0 amide bonds. The van der Waals surface area contributed by atoms with Crippen LogP contribution in [0.1, 0.15) is 55.3 Å². The summed E-state index contributed by atoms with van der Waals surface area (Å²) in [5.74, 6) is 1.19. The van der Waals surface area contributed by atoms with Gasteiger partial charge in [-0.3, -0.25) is 9.78 Å². The number of benzene rings is 1. The van der Waals surface area contributed by atoms with Crippen LogP contribution in [0.2, 0.25) is 0 Å². The Balaban J connectivity index is 1.69. The topological polar surface area (TPSA) is 42.0 Å². The van der Waals surface area contributed by atoms with Crippen LogP contribution in [0.3, 0.4) is 0 Å². The molecule has 0 atom stereocenters. The van der Waals surface area contributed by atoms with Gasteiger partial charge in [-0.15, -0.1) is 0 Å². The summed E-state index contributed by atoms with van der Waals surface area (Å²) in [7, 11) is 0. The summed E-state index contributed by atoms with van der Waals surface area (Å²) in [5.41, 5.74) is 2.71. The number of hydrogen-bond donors (Lipinski definition) is 1. The molecule has 2 fully saturated rings. The number of rotatable bonds is 5. The first-order valence-electron chi connectivity index (χ1n) is 9.09. The molecule has 0 aliphatic heterocycles. The van der Waals surface area contributed by atoms with E-state index in [2.05, 4.69) is 32.3 Å². The molecule has 0 saturated heterocycles. The van der Waals surface area contributed by atoms with E-state index in [0.717, 1.165) is 51.9 Å². The van der Waals surface area contributed by atoms with Crippen molar-refractivity contribution in [2.24, 2.45) is 11.8 Å². The number of halogens is 1. The first-order chi connectivity index (χ1) is 11.7. The van der Waals surface area contributed by atoms with Crippen LogP contribution >= 0.6 is 15.9 Å². The maximum absolute atomic E-state index is 12.7. The van der Waals surface area contributed by atoms with E-state index in [4.69, 9.17) is 0 Å². The van der Waals surface area contributed by atoms with Gasteiger partial charge in [-0.25, -0.2) is 0 Å². The van der Waals surface area contributed by atoms with E-state index in [-0.39, 0.29) is 11.7 Å². The van der Waals surface area contributed by atoms with E-state index in [9.17, 15) is 4.79 Å². The Labute approximate surface area is 151 Å². The van der Waals surface area contributed by atoms with Crippen LogP contribution < -0.4 is 5.32 Å². The van der Waals surface area contributed by atoms with Crippen molar-refractivity contribution in [3.8, 4) is 0 Å². The van der Waals surface area contributed by atoms with Gasteiger partial charge in [0.2, 0.25) is 0 Å². The molecule has 4 rings (SSSR count). The summed E-state index contributed by atoms with van der Waals surface area (Å²) in [4.78, 5) is 17.2. The Morgan fingerprint density at radius 1 is 1.17 bits per heavy atom. The lowest BCUT2D eigenvalue weighted by Gasteiger charge is -2.23. The second kappa shape index (κ2) is 6.83. The number of nitrogens with zero attached hydrogens (tertiary/aromatic N) is 1. The van der Waals surface area contributed by atoms with Crippen LogP contribution in [0.25, 0.3) is 10.9 Å². The number of pyridine rings is 1. The first kappa shape index (κ1) is 16.1. The van der Waals surface area contributed by atoms with Crippen molar-refractivity contribution in [2.45, 2.75) is 44.9 Å². The Hall–Kier alpha value is -1.42. The molecule has 0 bridgehead atoms. The molecule has 2 aliphatic rings. The third-order valence-electron chi connectivity index (χ3n) is 5.34. The summed E-state index contributed by atoms with van der Waals surface area (Å²) < 4.78 is 1.02. The third-order valence-corrected chi connectivity index (χ3v) is 5.83. The lowest BCUT2D eigenvalue weighted by Crippen LogP contribution is -2.19. The maximum atomic E-state index is 12.7. The number of carbonyl (C=O) groups excluding carboxylic acids is 1. The molecule has 0 radical (unpaired) electrons. The molecule has 126 valence electrons. The summed E-state index contributed by atoms with van der Waals surface area (Å²) >= 11 is 3.56. The Kier molecular flexibility index (Phi) is 4.57. The zero-order valence-electron chi connectivity index (χ0n) is 13.9. The summed E-state index contributed by atoms with van der Waals surface area (Å²) in [5, 5.41) is 4.68. The highest BCUT2D eigenvalue weighted by molar-refractivity contribution is 9.10. The van der Waals surface area contributed by atoms with Crippen LogP contribution in [0.5, 0.6) is 0 Å². The molecule has 1 aromatic carbocycles. The largest absolute Gasteiger partial charge is 0.384 e. The first-order valence-corrected chi connectivity index (χ1v) is 9.88. The van der Waals surface area contributed by atoms with Gasteiger partial charge in [0.05, 0.1) is 16.8 Å².